The third-order valence-electron chi connectivity index (χ3n) is 4.67. The second kappa shape index (κ2) is 1.52. The summed E-state index contributed by atoms with van der Waals surface area (Å²) in [4.78, 5) is 0. The van der Waals surface area contributed by atoms with Crippen LogP contribution in [0.25, 0.3) is 0 Å². The monoisotopic (exact) mass is 150 g/mol. The molecule has 1 saturated heterocycles. The number of fused-ring (bicyclic) bond motifs is 8. The summed E-state index contributed by atoms with van der Waals surface area (Å²) in [6.07, 6.45) is 7.60. The Morgan fingerprint density at radius 1 is 0.818 bits per heavy atom. The van der Waals surface area contributed by atoms with Gasteiger partial charge in [-0.05, 0) is 42.9 Å². The van der Waals surface area contributed by atoms with Gasteiger partial charge in [0.2, 0.25) is 0 Å². The fraction of sp³-hybridized carbons (Fsp3) is 1.00. The van der Waals surface area contributed by atoms with Gasteiger partial charge in [0, 0.05) is 0 Å². The zero-order chi connectivity index (χ0) is 7.00. The fourth-order valence-electron chi connectivity index (χ4n) is 4.33. The fourth-order valence-corrected chi connectivity index (χ4v) is 4.33. The highest BCUT2D eigenvalue weighted by Gasteiger charge is 2.67. The lowest BCUT2D eigenvalue weighted by atomic mass is 9.82. The molecule has 4 aliphatic rings. The summed E-state index contributed by atoms with van der Waals surface area (Å²) < 4.78 is 5.68. The van der Waals surface area contributed by atoms with Gasteiger partial charge in [-0.15, -0.1) is 0 Å². The molecule has 1 nitrogen and oxygen atoms in total. The van der Waals surface area contributed by atoms with Crippen LogP contribution >= 0.6 is 0 Å². The number of ether oxygens (including phenoxy) is 1. The van der Waals surface area contributed by atoms with Crippen molar-refractivity contribution in [1.82, 2.24) is 0 Å². The number of rotatable bonds is 0. The summed E-state index contributed by atoms with van der Waals surface area (Å²) in [6.45, 7) is 0. The Balaban J connectivity index is 1.79. The SMILES string of the molecule is C1C[C@@H]2[C@H](C1)[C@@H]1C[C@H]2[C@H]2O[C@@H]12. The minimum atomic E-state index is 0.749. The standard InChI is InChI=1S/C10H14O/c1-2-5-6(3-1)8-4-7(5)9-10(8)11-9/h5-10H,1-4H2/t5-,6+,7-,8+,9-,10+. The van der Waals surface area contributed by atoms with Crippen LogP contribution in [-0.4, -0.2) is 12.2 Å². The minimum Gasteiger partial charge on any atom is -0.369 e. The topological polar surface area (TPSA) is 12.5 Å². The Bertz CT molecular complexity index is 189. The summed E-state index contributed by atoms with van der Waals surface area (Å²) in [5.41, 5.74) is 0. The van der Waals surface area contributed by atoms with Gasteiger partial charge in [-0.1, -0.05) is 6.42 Å². The molecule has 1 heteroatoms. The third kappa shape index (κ3) is 0.488. The van der Waals surface area contributed by atoms with Gasteiger partial charge in [0.15, 0.2) is 0 Å². The molecule has 0 radical (unpaired) electrons. The number of epoxide rings is 1. The molecule has 2 bridgehead atoms. The molecular weight excluding hydrogens is 136 g/mol. The molecule has 0 N–H and O–H groups in total. The average molecular weight is 150 g/mol. The van der Waals surface area contributed by atoms with Crippen molar-refractivity contribution in [2.24, 2.45) is 23.7 Å². The van der Waals surface area contributed by atoms with Crippen LogP contribution in [0.1, 0.15) is 25.7 Å². The molecule has 0 spiro atoms. The molecule has 60 valence electrons. The molecule has 11 heavy (non-hydrogen) atoms. The Kier molecular flexibility index (Phi) is 0.769. The zero-order valence-corrected chi connectivity index (χ0v) is 6.70. The zero-order valence-electron chi connectivity index (χ0n) is 6.70. The Morgan fingerprint density at radius 2 is 1.45 bits per heavy atom. The van der Waals surface area contributed by atoms with E-state index >= 15 is 0 Å². The van der Waals surface area contributed by atoms with Gasteiger partial charge in [-0.25, -0.2) is 0 Å². The van der Waals surface area contributed by atoms with Crippen LogP contribution in [-0.2, 0) is 4.74 Å². The third-order valence-corrected chi connectivity index (χ3v) is 4.67. The highest BCUT2D eigenvalue weighted by atomic mass is 16.6. The first-order chi connectivity index (χ1) is 5.45. The van der Waals surface area contributed by atoms with Crippen molar-refractivity contribution < 1.29 is 4.74 Å². The van der Waals surface area contributed by atoms with Gasteiger partial charge in [-0.2, -0.15) is 0 Å². The first-order valence-electron chi connectivity index (χ1n) is 5.10. The van der Waals surface area contributed by atoms with Crippen LogP contribution in [0.5, 0.6) is 0 Å². The van der Waals surface area contributed by atoms with Crippen LogP contribution in [0.15, 0.2) is 0 Å². The molecule has 1 heterocycles. The normalized spacial score (nSPS) is 69.8. The number of hydrogen-bond acceptors (Lipinski definition) is 1. The van der Waals surface area contributed by atoms with E-state index in [4.69, 9.17) is 4.74 Å². The van der Waals surface area contributed by atoms with Gasteiger partial charge in [-0.3, -0.25) is 0 Å². The largest absolute Gasteiger partial charge is 0.369 e. The maximum atomic E-state index is 5.68. The molecule has 0 aromatic carbocycles. The van der Waals surface area contributed by atoms with Gasteiger partial charge in [0.25, 0.3) is 0 Å². The van der Waals surface area contributed by atoms with E-state index in [1.165, 1.54) is 25.7 Å². The summed E-state index contributed by atoms with van der Waals surface area (Å²) in [6, 6.07) is 0. The predicted molar refractivity (Wildman–Crippen MR) is 41.1 cm³/mol. The summed E-state index contributed by atoms with van der Waals surface area (Å²) >= 11 is 0. The van der Waals surface area contributed by atoms with Crippen LogP contribution < -0.4 is 0 Å². The lowest BCUT2D eigenvalue weighted by molar-refractivity contribution is 0.244. The molecule has 3 aliphatic carbocycles. The van der Waals surface area contributed by atoms with Crippen LogP contribution in [0, 0.1) is 23.7 Å². The van der Waals surface area contributed by atoms with Crippen molar-refractivity contribution >= 4 is 0 Å². The van der Waals surface area contributed by atoms with Crippen molar-refractivity contribution in [3.05, 3.63) is 0 Å². The second-order valence-corrected chi connectivity index (χ2v) is 4.89. The Morgan fingerprint density at radius 3 is 2.09 bits per heavy atom. The van der Waals surface area contributed by atoms with Gasteiger partial charge < -0.3 is 4.74 Å². The van der Waals surface area contributed by atoms with E-state index in [9.17, 15) is 0 Å². The Labute approximate surface area is 67.1 Å². The maximum absolute atomic E-state index is 5.68. The molecular formula is C10H14O. The Hall–Kier alpha value is -0.0400. The van der Waals surface area contributed by atoms with Crippen LogP contribution in [0.2, 0.25) is 0 Å². The van der Waals surface area contributed by atoms with E-state index in [1.807, 2.05) is 0 Å². The molecule has 0 unspecified atom stereocenters. The van der Waals surface area contributed by atoms with Gasteiger partial charge in [0.1, 0.15) is 0 Å². The average Bonchev–Trinajstić information content (AvgIpc) is 2.46. The van der Waals surface area contributed by atoms with Gasteiger partial charge in [0.05, 0.1) is 12.2 Å². The number of hydrogen-bond donors (Lipinski definition) is 0. The van der Waals surface area contributed by atoms with Crippen molar-refractivity contribution in [1.29, 1.82) is 0 Å². The molecule has 1 aliphatic heterocycles. The first-order valence-corrected chi connectivity index (χ1v) is 5.10. The first kappa shape index (κ1) is 5.58. The molecule has 0 aromatic rings. The molecule has 6 atom stereocenters. The smallest absolute Gasteiger partial charge is 0.0875 e. The highest BCUT2D eigenvalue weighted by Crippen LogP contribution is 2.65. The van der Waals surface area contributed by atoms with Crippen molar-refractivity contribution in [3.8, 4) is 0 Å². The van der Waals surface area contributed by atoms with Crippen LogP contribution in [0.4, 0.5) is 0 Å². The van der Waals surface area contributed by atoms with E-state index in [-0.39, 0.29) is 0 Å². The van der Waals surface area contributed by atoms with E-state index in [0.717, 1.165) is 35.9 Å². The molecule has 4 fully saturated rings. The molecule has 0 amide bonds. The highest BCUT2D eigenvalue weighted by molar-refractivity contribution is 5.14. The van der Waals surface area contributed by atoms with E-state index < -0.39 is 0 Å². The predicted octanol–water partition coefficient (Wildman–Crippen LogP) is 1.82. The van der Waals surface area contributed by atoms with Gasteiger partial charge >= 0.3 is 0 Å². The lowest BCUT2D eigenvalue weighted by Crippen LogP contribution is -2.22. The van der Waals surface area contributed by atoms with Crippen LogP contribution in [0.3, 0.4) is 0 Å². The lowest BCUT2D eigenvalue weighted by Gasteiger charge is -2.20. The minimum absolute atomic E-state index is 0.749. The maximum Gasteiger partial charge on any atom is 0.0875 e. The summed E-state index contributed by atoms with van der Waals surface area (Å²) in [5, 5.41) is 0. The van der Waals surface area contributed by atoms with E-state index in [2.05, 4.69) is 0 Å². The molecule has 4 rings (SSSR count). The summed E-state index contributed by atoms with van der Waals surface area (Å²) in [7, 11) is 0. The van der Waals surface area contributed by atoms with Crippen molar-refractivity contribution in [3.63, 3.8) is 0 Å². The van der Waals surface area contributed by atoms with E-state index in [0.29, 0.717) is 0 Å². The molecule has 3 saturated carbocycles. The van der Waals surface area contributed by atoms with Crippen molar-refractivity contribution in [2.75, 3.05) is 0 Å². The van der Waals surface area contributed by atoms with E-state index in [1.54, 1.807) is 0 Å². The second-order valence-electron chi connectivity index (χ2n) is 4.89. The molecule has 0 aromatic heterocycles. The quantitative estimate of drug-likeness (QED) is 0.480. The summed E-state index contributed by atoms with van der Waals surface area (Å²) in [5.74, 6) is 4.22. The van der Waals surface area contributed by atoms with Crippen molar-refractivity contribution in [2.45, 2.75) is 37.9 Å².